The summed E-state index contributed by atoms with van der Waals surface area (Å²) in [5.74, 6) is -1.58. The van der Waals surface area contributed by atoms with Crippen molar-refractivity contribution in [2.24, 2.45) is 0 Å². The lowest BCUT2D eigenvalue weighted by atomic mass is 10.1. The van der Waals surface area contributed by atoms with Crippen LogP contribution in [-0.2, 0) is 6.42 Å². The summed E-state index contributed by atoms with van der Waals surface area (Å²) in [5, 5.41) is 0.520. The average Bonchev–Trinajstić information content (AvgIpc) is 3.46. The SMILES string of the molecule is O=c1c2ncn(C3CC3)c2nc(Cc2cccc(F)c2F)n1-c1ccc(Cl)cc1. The molecule has 0 N–H and O–H groups in total. The van der Waals surface area contributed by atoms with Gasteiger partial charge in [0.15, 0.2) is 22.8 Å². The van der Waals surface area contributed by atoms with Gasteiger partial charge in [-0.05, 0) is 48.7 Å². The van der Waals surface area contributed by atoms with Crippen molar-refractivity contribution in [3.63, 3.8) is 0 Å². The largest absolute Gasteiger partial charge is 0.312 e. The molecular formula is C21H15ClF2N4O. The number of hydrogen-bond donors (Lipinski definition) is 0. The number of hydrogen-bond acceptors (Lipinski definition) is 3. The summed E-state index contributed by atoms with van der Waals surface area (Å²) < 4.78 is 31.3. The van der Waals surface area contributed by atoms with Crippen LogP contribution in [0.3, 0.4) is 0 Å². The minimum atomic E-state index is -0.944. The van der Waals surface area contributed by atoms with Gasteiger partial charge in [0.25, 0.3) is 5.56 Å². The molecule has 1 aliphatic carbocycles. The Morgan fingerprint density at radius 3 is 2.59 bits per heavy atom. The highest BCUT2D eigenvalue weighted by molar-refractivity contribution is 6.30. The first-order chi connectivity index (χ1) is 14.0. The van der Waals surface area contributed by atoms with Crippen molar-refractivity contribution in [1.29, 1.82) is 0 Å². The van der Waals surface area contributed by atoms with Crippen LogP contribution in [0.25, 0.3) is 16.9 Å². The van der Waals surface area contributed by atoms with Gasteiger partial charge in [0.1, 0.15) is 5.82 Å². The summed E-state index contributed by atoms with van der Waals surface area (Å²) in [6.07, 6.45) is 3.57. The monoisotopic (exact) mass is 412 g/mol. The molecule has 4 aromatic rings. The second-order valence-corrected chi connectivity index (χ2v) is 7.53. The zero-order valence-electron chi connectivity index (χ0n) is 15.1. The van der Waals surface area contributed by atoms with E-state index < -0.39 is 11.6 Å². The highest BCUT2D eigenvalue weighted by Gasteiger charge is 2.27. The molecule has 0 aliphatic heterocycles. The fourth-order valence-electron chi connectivity index (χ4n) is 3.46. The third-order valence-electron chi connectivity index (χ3n) is 5.07. The lowest BCUT2D eigenvalue weighted by Crippen LogP contribution is -2.25. The molecule has 1 aliphatic rings. The molecule has 5 rings (SSSR count). The molecule has 1 saturated carbocycles. The Labute approximate surface area is 169 Å². The molecule has 0 spiro atoms. The van der Waals surface area contributed by atoms with Crippen LogP contribution in [0.15, 0.2) is 53.6 Å². The van der Waals surface area contributed by atoms with Crippen molar-refractivity contribution in [3.8, 4) is 5.69 Å². The van der Waals surface area contributed by atoms with Crippen LogP contribution in [0.5, 0.6) is 0 Å². The van der Waals surface area contributed by atoms with Gasteiger partial charge in [0.05, 0.1) is 12.0 Å². The van der Waals surface area contributed by atoms with E-state index in [2.05, 4.69) is 9.97 Å². The quantitative estimate of drug-likeness (QED) is 0.498. The van der Waals surface area contributed by atoms with Crippen molar-refractivity contribution >= 4 is 22.8 Å². The summed E-state index contributed by atoms with van der Waals surface area (Å²) in [7, 11) is 0. The van der Waals surface area contributed by atoms with E-state index in [1.54, 1.807) is 30.6 Å². The van der Waals surface area contributed by atoms with E-state index in [-0.39, 0.29) is 29.1 Å². The van der Waals surface area contributed by atoms with Gasteiger partial charge in [-0.2, -0.15) is 0 Å². The molecule has 1 fully saturated rings. The number of rotatable bonds is 4. The number of benzene rings is 2. The van der Waals surface area contributed by atoms with Gasteiger partial charge in [-0.1, -0.05) is 23.7 Å². The van der Waals surface area contributed by atoms with Crippen LogP contribution in [0, 0.1) is 11.6 Å². The number of halogens is 3. The fraction of sp³-hybridized carbons (Fsp3) is 0.190. The van der Waals surface area contributed by atoms with Crippen molar-refractivity contribution in [3.05, 3.63) is 87.2 Å². The molecule has 0 unspecified atom stereocenters. The molecule has 146 valence electrons. The van der Waals surface area contributed by atoms with Crippen LogP contribution < -0.4 is 5.56 Å². The Bertz CT molecular complexity index is 1290. The Morgan fingerprint density at radius 2 is 1.86 bits per heavy atom. The van der Waals surface area contributed by atoms with Gasteiger partial charge in [0, 0.05) is 17.5 Å². The highest BCUT2D eigenvalue weighted by atomic mass is 35.5. The van der Waals surface area contributed by atoms with E-state index in [4.69, 9.17) is 11.6 Å². The molecule has 5 nitrogen and oxygen atoms in total. The number of aromatic nitrogens is 4. The van der Waals surface area contributed by atoms with Gasteiger partial charge < -0.3 is 4.57 Å². The van der Waals surface area contributed by atoms with Gasteiger partial charge in [-0.15, -0.1) is 0 Å². The maximum absolute atomic E-state index is 14.3. The van der Waals surface area contributed by atoms with Crippen molar-refractivity contribution < 1.29 is 8.78 Å². The van der Waals surface area contributed by atoms with E-state index in [9.17, 15) is 13.6 Å². The lowest BCUT2D eigenvalue weighted by Gasteiger charge is -2.14. The highest BCUT2D eigenvalue weighted by Crippen LogP contribution is 2.36. The molecule has 29 heavy (non-hydrogen) atoms. The maximum atomic E-state index is 14.3. The van der Waals surface area contributed by atoms with Crippen molar-refractivity contribution in [2.75, 3.05) is 0 Å². The standard InChI is InChI=1S/C21H15ClF2N4O/c22-13-4-6-15(7-5-13)28-17(10-12-2-1-3-16(23)18(12)24)26-20-19(21(28)29)25-11-27(20)14-8-9-14/h1-7,11,14H,8-10H2. The maximum Gasteiger partial charge on any atom is 0.286 e. The minimum absolute atomic E-state index is 0.0484. The number of imidazole rings is 1. The zero-order valence-corrected chi connectivity index (χ0v) is 15.9. The number of fused-ring (bicyclic) bond motifs is 1. The summed E-state index contributed by atoms with van der Waals surface area (Å²) in [5.41, 5.74) is 1.01. The first kappa shape index (κ1) is 18.0. The molecule has 2 aromatic carbocycles. The first-order valence-electron chi connectivity index (χ1n) is 9.20. The fourth-order valence-corrected chi connectivity index (χ4v) is 3.59. The molecule has 2 heterocycles. The normalized spacial score (nSPS) is 13.9. The van der Waals surface area contributed by atoms with E-state index in [1.807, 2.05) is 4.57 Å². The molecule has 0 saturated heterocycles. The third kappa shape index (κ3) is 3.11. The van der Waals surface area contributed by atoms with Crippen LogP contribution in [0.2, 0.25) is 5.02 Å². The molecule has 2 aromatic heterocycles. The Hall–Kier alpha value is -3.06. The van der Waals surface area contributed by atoms with Gasteiger partial charge in [-0.3, -0.25) is 9.36 Å². The second kappa shape index (κ2) is 6.77. The van der Waals surface area contributed by atoms with Gasteiger partial charge >= 0.3 is 0 Å². The van der Waals surface area contributed by atoms with Crippen LogP contribution >= 0.6 is 11.6 Å². The topological polar surface area (TPSA) is 52.7 Å². The van der Waals surface area contributed by atoms with E-state index in [1.165, 1.54) is 16.7 Å². The second-order valence-electron chi connectivity index (χ2n) is 7.09. The van der Waals surface area contributed by atoms with Crippen LogP contribution in [0.4, 0.5) is 8.78 Å². The van der Waals surface area contributed by atoms with E-state index in [0.717, 1.165) is 18.9 Å². The lowest BCUT2D eigenvalue weighted by molar-refractivity contribution is 0.499. The molecule has 8 heteroatoms. The minimum Gasteiger partial charge on any atom is -0.312 e. The Kier molecular flexibility index (Phi) is 4.20. The summed E-state index contributed by atoms with van der Waals surface area (Å²) >= 11 is 5.98. The predicted octanol–water partition coefficient (Wildman–Crippen LogP) is 4.44. The zero-order chi connectivity index (χ0) is 20.1. The third-order valence-corrected chi connectivity index (χ3v) is 5.32. The summed E-state index contributed by atoms with van der Waals surface area (Å²) in [4.78, 5) is 22.2. The smallest absolute Gasteiger partial charge is 0.286 e. The van der Waals surface area contributed by atoms with Gasteiger partial charge in [-0.25, -0.2) is 18.7 Å². The molecular weight excluding hydrogens is 398 g/mol. The predicted molar refractivity (Wildman–Crippen MR) is 106 cm³/mol. The summed E-state index contributed by atoms with van der Waals surface area (Å²) in [6, 6.07) is 10.9. The van der Waals surface area contributed by atoms with E-state index in [0.29, 0.717) is 22.2 Å². The first-order valence-corrected chi connectivity index (χ1v) is 9.58. The Balaban J connectivity index is 1.75. The van der Waals surface area contributed by atoms with Gasteiger partial charge in [0.2, 0.25) is 0 Å². The average molecular weight is 413 g/mol. The molecule has 0 atom stereocenters. The van der Waals surface area contributed by atoms with E-state index >= 15 is 0 Å². The Morgan fingerprint density at radius 1 is 1.10 bits per heavy atom. The van der Waals surface area contributed by atoms with Crippen LogP contribution in [-0.4, -0.2) is 19.1 Å². The van der Waals surface area contributed by atoms with Crippen molar-refractivity contribution in [1.82, 2.24) is 19.1 Å². The number of nitrogens with zero attached hydrogens (tertiary/aromatic N) is 4. The summed E-state index contributed by atoms with van der Waals surface area (Å²) in [6.45, 7) is 0. The molecule has 0 radical (unpaired) electrons. The molecule has 0 bridgehead atoms. The molecule has 0 amide bonds. The van der Waals surface area contributed by atoms with Crippen molar-refractivity contribution in [2.45, 2.75) is 25.3 Å². The van der Waals surface area contributed by atoms with Crippen LogP contribution in [0.1, 0.15) is 30.3 Å².